The summed E-state index contributed by atoms with van der Waals surface area (Å²) < 4.78 is 18.6. The Morgan fingerprint density at radius 1 is 1.13 bits per heavy atom. The molecule has 1 atom stereocenters. The van der Waals surface area contributed by atoms with Crippen LogP contribution in [0.5, 0.6) is 0 Å². The minimum atomic E-state index is -0.975. The predicted molar refractivity (Wildman–Crippen MR) is 85.9 cm³/mol. The van der Waals surface area contributed by atoms with Crippen molar-refractivity contribution in [3.8, 4) is 0 Å². The van der Waals surface area contributed by atoms with Crippen LogP contribution in [0.2, 0.25) is 0 Å². The van der Waals surface area contributed by atoms with Gasteiger partial charge >= 0.3 is 5.97 Å². The molecule has 1 amide bonds. The van der Waals surface area contributed by atoms with Crippen molar-refractivity contribution in [2.24, 2.45) is 0 Å². The number of hydrogen-bond acceptors (Lipinski definition) is 3. The van der Waals surface area contributed by atoms with Gasteiger partial charge in [-0.1, -0.05) is 24.3 Å². The lowest BCUT2D eigenvalue weighted by Gasteiger charge is -2.21. The summed E-state index contributed by atoms with van der Waals surface area (Å²) in [5.74, 6) is -1.58. The SMILES string of the molecule is Cc1ccc(C(=O)O[C@@H](C)C(=O)N(C)c2ccccc2)cc1F. The summed E-state index contributed by atoms with van der Waals surface area (Å²) in [5.41, 5.74) is 1.21. The van der Waals surface area contributed by atoms with Gasteiger partial charge in [0.2, 0.25) is 0 Å². The summed E-state index contributed by atoms with van der Waals surface area (Å²) in [6.07, 6.45) is -0.975. The number of aryl methyl sites for hydroxylation is 1. The molecule has 0 bridgehead atoms. The molecule has 0 heterocycles. The van der Waals surface area contributed by atoms with Gasteiger partial charge in [0, 0.05) is 12.7 Å². The van der Waals surface area contributed by atoms with Crippen LogP contribution < -0.4 is 4.90 Å². The van der Waals surface area contributed by atoms with E-state index in [1.807, 2.05) is 18.2 Å². The number of hydrogen-bond donors (Lipinski definition) is 0. The Bertz CT molecular complexity index is 715. The number of amides is 1. The van der Waals surface area contributed by atoms with Crippen molar-refractivity contribution in [3.63, 3.8) is 0 Å². The third-order valence-corrected chi connectivity index (χ3v) is 3.51. The van der Waals surface area contributed by atoms with Gasteiger partial charge in [-0.05, 0) is 43.7 Å². The summed E-state index contributed by atoms with van der Waals surface area (Å²) in [7, 11) is 1.60. The molecule has 0 aromatic heterocycles. The highest BCUT2D eigenvalue weighted by Gasteiger charge is 2.23. The number of likely N-dealkylation sites (N-methyl/N-ethyl adjacent to an activating group) is 1. The van der Waals surface area contributed by atoms with E-state index in [1.165, 1.54) is 24.0 Å². The molecule has 0 radical (unpaired) electrons. The van der Waals surface area contributed by atoms with Crippen molar-refractivity contribution in [1.82, 2.24) is 0 Å². The monoisotopic (exact) mass is 315 g/mol. The Morgan fingerprint density at radius 2 is 1.78 bits per heavy atom. The maximum atomic E-state index is 13.5. The molecule has 4 nitrogen and oxygen atoms in total. The van der Waals surface area contributed by atoms with Crippen LogP contribution in [-0.2, 0) is 9.53 Å². The van der Waals surface area contributed by atoms with Crippen molar-refractivity contribution in [3.05, 3.63) is 65.5 Å². The number of esters is 1. The van der Waals surface area contributed by atoms with Gasteiger partial charge in [-0.25, -0.2) is 9.18 Å². The molecule has 0 fully saturated rings. The van der Waals surface area contributed by atoms with E-state index in [2.05, 4.69) is 0 Å². The number of halogens is 1. The van der Waals surface area contributed by atoms with Crippen LogP contribution in [0.1, 0.15) is 22.8 Å². The summed E-state index contributed by atoms with van der Waals surface area (Å²) in [6, 6.07) is 13.1. The number of carbonyl (C=O) groups is 2. The number of anilines is 1. The van der Waals surface area contributed by atoms with Gasteiger partial charge in [0.05, 0.1) is 5.56 Å². The maximum absolute atomic E-state index is 13.5. The Balaban J connectivity index is 2.05. The number of carbonyl (C=O) groups excluding carboxylic acids is 2. The van der Waals surface area contributed by atoms with E-state index in [0.29, 0.717) is 11.3 Å². The molecule has 120 valence electrons. The molecule has 0 saturated carbocycles. The fraction of sp³-hybridized carbons (Fsp3) is 0.222. The highest BCUT2D eigenvalue weighted by Crippen LogP contribution is 2.15. The first-order valence-corrected chi connectivity index (χ1v) is 7.20. The molecule has 2 aromatic carbocycles. The van der Waals surface area contributed by atoms with E-state index < -0.39 is 17.9 Å². The smallest absolute Gasteiger partial charge is 0.339 e. The lowest BCUT2D eigenvalue weighted by molar-refractivity contribution is -0.126. The molecule has 0 aliphatic carbocycles. The molecular weight excluding hydrogens is 297 g/mol. The number of rotatable bonds is 4. The molecule has 2 rings (SSSR count). The second-order valence-electron chi connectivity index (χ2n) is 5.24. The standard InChI is InChI=1S/C18H18FNO3/c1-12-9-10-14(11-16(12)19)18(22)23-13(2)17(21)20(3)15-7-5-4-6-8-15/h4-11,13H,1-3H3/t13-/m0/s1. The van der Waals surface area contributed by atoms with Crippen molar-refractivity contribution < 1.29 is 18.7 Å². The fourth-order valence-electron chi connectivity index (χ4n) is 2.05. The second kappa shape index (κ2) is 7.05. The van der Waals surface area contributed by atoms with Crippen LogP contribution >= 0.6 is 0 Å². The van der Waals surface area contributed by atoms with Gasteiger partial charge in [-0.3, -0.25) is 4.79 Å². The van der Waals surface area contributed by atoms with Crippen LogP contribution in [0.25, 0.3) is 0 Å². The van der Waals surface area contributed by atoms with Crippen LogP contribution in [0.3, 0.4) is 0 Å². The zero-order valence-corrected chi connectivity index (χ0v) is 13.2. The normalized spacial score (nSPS) is 11.7. The quantitative estimate of drug-likeness (QED) is 0.813. The molecule has 0 N–H and O–H groups in total. The van der Waals surface area contributed by atoms with Gasteiger partial charge in [0.15, 0.2) is 6.10 Å². The number of nitrogens with zero attached hydrogens (tertiary/aromatic N) is 1. The highest BCUT2D eigenvalue weighted by atomic mass is 19.1. The Morgan fingerprint density at radius 3 is 2.39 bits per heavy atom. The first-order chi connectivity index (χ1) is 10.9. The summed E-state index contributed by atoms with van der Waals surface area (Å²) in [5, 5.41) is 0. The van der Waals surface area contributed by atoms with Crippen LogP contribution in [0.15, 0.2) is 48.5 Å². The number of ether oxygens (including phenoxy) is 1. The van der Waals surface area contributed by atoms with Gasteiger partial charge in [0.1, 0.15) is 5.82 Å². The summed E-state index contributed by atoms with van der Waals surface area (Å²) in [6.45, 7) is 3.09. The van der Waals surface area contributed by atoms with Crippen molar-refractivity contribution in [2.45, 2.75) is 20.0 Å². The zero-order valence-electron chi connectivity index (χ0n) is 13.2. The van der Waals surface area contributed by atoms with Gasteiger partial charge in [-0.15, -0.1) is 0 Å². The molecule has 23 heavy (non-hydrogen) atoms. The fourth-order valence-corrected chi connectivity index (χ4v) is 2.05. The summed E-state index contributed by atoms with van der Waals surface area (Å²) in [4.78, 5) is 25.7. The molecule has 0 unspecified atom stereocenters. The molecule has 5 heteroatoms. The Hall–Kier alpha value is -2.69. The average molecular weight is 315 g/mol. The van der Waals surface area contributed by atoms with E-state index >= 15 is 0 Å². The van der Waals surface area contributed by atoms with Crippen molar-refractivity contribution in [1.29, 1.82) is 0 Å². The topological polar surface area (TPSA) is 46.6 Å². The van der Waals surface area contributed by atoms with Crippen molar-refractivity contribution in [2.75, 3.05) is 11.9 Å². The summed E-state index contributed by atoms with van der Waals surface area (Å²) >= 11 is 0. The Kier molecular flexibility index (Phi) is 5.11. The van der Waals surface area contributed by atoms with E-state index in [-0.39, 0.29) is 11.5 Å². The molecule has 0 saturated heterocycles. The average Bonchev–Trinajstić information content (AvgIpc) is 2.56. The molecule has 0 aliphatic heterocycles. The van der Waals surface area contributed by atoms with Gasteiger partial charge in [0.25, 0.3) is 5.91 Å². The first-order valence-electron chi connectivity index (χ1n) is 7.20. The minimum Gasteiger partial charge on any atom is -0.449 e. The maximum Gasteiger partial charge on any atom is 0.339 e. The predicted octanol–water partition coefficient (Wildman–Crippen LogP) is 3.34. The highest BCUT2D eigenvalue weighted by molar-refractivity contribution is 5.98. The molecule has 2 aromatic rings. The zero-order chi connectivity index (χ0) is 17.0. The van der Waals surface area contributed by atoms with E-state index in [1.54, 1.807) is 26.1 Å². The van der Waals surface area contributed by atoms with Crippen LogP contribution in [0, 0.1) is 12.7 Å². The molecular formula is C18H18FNO3. The van der Waals surface area contributed by atoms with Crippen LogP contribution in [-0.4, -0.2) is 25.0 Å². The minimum absolute atomic E-state index is 0.0788. The van der Waals surface area contributed by atoms with E-state index in [9.17, 15) is 14.0 Å². The van der Waals surface area contributed by atoms with Crippen LogP contribution in [0.4, 0.5) is 10.1 Å². The molecule has 0 spiro atoms. The Labute approximate surface area is 134 Å². The number of para-hydroxylation sites is 1. The lowest BCUT2D eigenvalue weighted by atomic mass is 10.1. The third-order valence-electron chi connectivity index (χ3n) is 3.51. The first kappa shape index (κ1) is 16.7. The number of benzene rings is 2. The van der Waals surface area contributed by atoms with E-state index in [4.69, 9.17) is 4.74 Å². The third kappa shape index (κ3) is 3.94. The lowest BCUT2D eigenvalue weighted by Crippen LogP contribution is -2.37. The van der Waals surface area contributed by atoms with Gasteiger partial charge < -0.3 is 9.64 Å². The molecule has 0 aliphatic rings. The van der Waals surface area contributed by atoms with E-state index in [0.717, 1.165) is 6.07 Å². The van der Waals surface area contributed by atoms with Crippen molar-refractivity contribution >= 4 is 17.6 Å². The van der Waals surface area contributed by atoms with Gasteiger partial charge in [-0.2, -0.15) is 0 Å². The largest absolute Gasteiger partial charge is 0.449 e. The second-order valence-corrected chi connectivity index (χ2v) is 5.24.